The summed E-state index contributed by atoms with van der Waals surface area (Å²) in [5.74, 6) is 1.05. The van der Waals surface area contributed by atoms with Crippen LogP contribution in [0.15, 0.2) is 4.99 Å². The molecule has 5 nitrogen and oxygen atoms in total. The van der Waals surface area contributed by atoms with E-state index in [-0.39, 0.29) is 17.5 Å². The van der Waals surface area contributed by atoms with Gasteiger partial charge in [-0.25, -0.2) is 0 Å². The standard InChI is InChI=1S/C14H26N4O/c1-10(2)18-12(19)8-17(9-14(18,3)4)13(15-5)16-11-6-7-11/h10-11H,6-9H2,1-5H3,(H,15,16). The van der Waals surface area contributed by atoms with Crippen molar-refractivity contribution in [2.75, 3.05) is 20.1 Å². The Kier molecular flexibility index (Phi) is 3.74. The van der Waals surface area contributed by atoms with E-state index in [0.29, 0.717) is 12.6 Å². The van der Waals surface area contributed by atoms with Crippen LogP contribution in [0.1, 0.15) is 40.5 Å². The maximum atomic E-state index is 12.4. The Morgan fingerprint density at radius 3 is 2.47 bits per heavy atom. The zero-order valence-corrected chi connectivity index (χ0v) is 12.7. The minimum Gasteiger partial charge on any atom is -0.354 e. The molecule has 1 amide bonds. The van der Waals surface area contributed by atoms with Gasteiger partial charge in [0.1, 0.15) is 0 Å². The Hall–Kier alpha value is -1.26. The summed E-state index contributed by atoms with van der Waals surface area (Å²) in [5.41, 5.74) is -0.162. The van der Waals surface area contributed by atoms with E-state index in [1.54, 1.807) is 7.05 Å². The van der Waals surface area contributed by atoms with Crippen molar-refractivity contribution in [2.45, 2.75) is 58.2 Å². The zero-order chi connectivity index (χ0) is 14.2. The monoisotopic (exact) mass is 266 g/mol. The van der Waals surface area contributed by atoms with Gasteiger partial charge in [0.25, 0.3) is 0 Å². The Balaban J connectivity index is 2.11. The van der Waals surface area contributed by atoms with Crippen LogP contribution >= 0.6 is 0 Å². The summed E-state index contributed by atoms with van der Waals surface area (Å²) >= 11 is 0. The lowest BCUT2D eigenvalue weighted by Crippen LogP contribution is -2.66. The van der Waals surface area contributed by atoms with Crippen molar-refractivity contribution < 1.29 is 4.79 Å². The van der Waals surface area contributed by atoms with Crippen LogP contribution in [0.2, 0.25) is 0 Å². The summed E-state index contributed by atoms with van der Waals surface area (Å²) in [7, 11) is 1.79. The Bertz CT molecular complexity index is 385. The summed E-state index contributed by atoms with van der Waals surface area (Å²) in [6, 6.07) is 0.795. The predicted octanol–water partition coefficient (Wildman–Crippen LogP) is 1.06. The molecule has 0 radical (unpaired) electrons. The van der Waals surface area contributed by atoms with Gasteiger partial charge in [0, 0.05) is 25.7 Å². The number of carbonyl (C=O) groups excluding carboxylic acids is 1. The number of hydrogen-bond acceptors (Lipinski definition) is 2. The minimum absolute atomic E-state index is 0.162. The van der Waals surface area contributed by atoms with Crippen LogP contribution in [-0.2, 0) is 4.79 Å². The minimum atomic E-state index is -0.162. The van der Waals surface area contributed by atoms with Crippen molar-refractivity contribution in [3.8, 4) is 0 Å². The van der Waals surface area contributed by atoms with E-state index < -0.39 is 0 Å². The highest BCUT2D eigenvalue weighted by Crippen LogP contribution is 2.25. The van der Waals surface area contributed by atoms with Crippen molar-refractivity contribution >= 4 is 11.9 Å². The molecule has 2 fully saturated rings. The number of nitrogens with one attached hydrogen (secondary N) is 1. The summed E-state index contributed by atoms with van der Waals surface area (Å²) in [5, 5.41) is 3.42. The number of piperazine rings is 1. The van der Waals surface area contributed by atoms with Crippen molar-refractivity contribution in [3.05, 3.63) is 0 Å². The van der Waals surface area contributed by atoms with Crippen LogP contribution in [0.5, 0.6) is 0 Å². The van der Waals surface area contributed by atoms with Gasteiger partial charge in [-0.2, -0.15) is 0 Å². The van der Waals surface area contributed by atoms with E-state index in [9.17, 15) is 4.79 Å². The van der Waals surface area contributed by atoms with Crippen LogP contribution < -0.4 is 5.32 Å². The molecule has 1 aliphatic carbocycles. The Labute approximate surface area is 116 Å². The molecule has 0 atom stereocenters. The molecule has 1 aliphatic heterocycles. The molecule has 0 aromatic rings. The number of hydrogen-bond donors (Lipinski definition) is 1. The molecule has 1 saturated carbocycles. The van der Waals surface area contributed by atoms with Gasteiger partial charge in [-0.1, -0.05) is 0 Å². The van der Waals surface area contributed by atoms with E-state index in [4.69, 9.17) is 0 Å². The van der Waals surface area contributed by atoms with Gasteiger partial charge < -0.3 is 15.1 Å². The number of amides is 1. The number of guanidine groups is 1. The Morgan fingerprint density at radius 1 is 1.42 bits per heavy atom. The highest BCUT2D eigenvalue weighted by atomic mass is 16.2. The van der Waals surface area contributed by atoms with Crippen LogP contribution in [0.3, 0.4) is 0 Å². The maximum absolute atomic E-state index is 12.4. The number of aliphatic imine (C=N–C) groups is 1. The normalized spacial score (nSPS) is 24.1. The van der Waals surface area contributed by atoms with Gasteiger partial charge in [-0.15, -0.1) is 0 Å². The van der Waals surface area contributed by atoms with Crippen LogP contribution in [-0.4, -0.2) is 59.4 Å². The lowest BCUT2D eigenvalue weighted by Gasteiger charge is -2.49. The molecule has 1 saturated heterocycles. The molecular weight excluding hydrogens is 240 g/mol. The van der Waals surface area contributed by atoms with Gasteiger partial charge in [0.05, 0.1) is 12.1 Å². The van der Waals surface area contributed by atoms with Crippen molar-refractivity contribution in [2.24, 2.45) is 4.99 Å². The fourth-order valence-electron chi connectivity index (χ4n) is 3.02. The second-order valence-electron chi connectivity index (χ2n) is 6.49. The fourth-order valence-corrected chi connectivity index (χ4v) is 3.02. The van der Waals surface area contributed by atoms with Crippen LogP contribution in [0.25, 0.3) is 0 Å². The maximum Gasteiger partial charge on any atom is 0.242 e. The first-order chi connectivity index (χ1) is 8.85. The summed E-state index contributed by atoms with van der Waals surface area (Å²) < 4.78 is 0. The fraction of sp³-hybridized carbons (Fsp3) is 0.857. The van der Waals surface area contributed by atoms with Crippen LogP contribution in [0, 0.1) is 0 Å². The van der Waals surface area contributed by atoms with E-state index in [1.165, 1.54) is 12.8 Å². The molecule has 5 heteroatoms. The molecule has 2 rings (SSSR count). The van der Waals surface area contributed by atoms with Gasteiger partial charge in [-0.05, 0) is 40.5 Å². The third-order valence-corrected chi connectivity index (χ3v) is 3.76. The zero-order valence-electron chi connectivity index (χ0n) is 12.7. The van der Waals surface area contributed by atoms with E-state index in [2.05, 4.69) is 42.9 Å². The molecule has 0 aromatic heterocycles. The van der Waals surface area contributed by atoms with Gasteiger partial charge >= 0.3 is 0 Å². The predicted molar refractivity (Wildman–Crippen MR) is 77.2 cm³/mol. The SMILES string of the molecule is CN=C(NC1CC1)N1CC(=O)N(C(C)C)C(C)(C)C1. The van der Waals surface area contributed by atoms with Gasteiger partial charge in [0.15, 0.2) is 5.96 Å². The first-order valence-electron chi connectivity index (χ1n) is 7.15. The Morgan fingerprint density at radius 2 is 2.05 bits per heavy atom. The second kappa shape index (κ2) is 5.02. The first-order valence-corrected chi connectivity index (χ1v) is 7.15. The molecular formula is C14H26N4O. The second-order valence-corrected chi connectivity index (χ2v) is 6.49. The molecule has 1 N–H and O–H groups in total. The van der Waals surface area contributed by atoms with Crippen molar-refractivity contribution in [1.82, 2.24) is 15.1 Å². The van der Waals surface area contributed by atoms with E-state index in [1.807, 2.05) is 4.90 Å². The first kappa shape index (κ1) is 14.2. The third kappa shape index (κ3) is 3.01. The highest BCUT2D eigenvalue weighted by Gasteiger charge is 2.41. The lowest BCUT2D eigenvalue weighted by molar-refractivity contribution is -0.145. The van der Waals surface area contributed by atoms with E-state index >= 15 is 0 Å². The van der Waals surface area contributed by atoms with E-state index in [0.717, 1.165) is 12.5 Å². The molecule has 0 aromatic carbocycles. The molecule has 1 heterocycles. The molecule has 0 unspecified atom stereocenters. The summed E-state index contributed by atoms with van der Waals surface area (Å²) in [6.45, 7) is 9.65. The topological polar surface area (TPSA) is 47.9 Å². The molecule has 0 spiro atoms. The molecule has 19 heavy (non-hydrogen) atoms. The van der Waals surface area contributed by atoms with Crippen molar-refractivity contribution in [1.29, 1.82) is 0 Å². The smallest absolute Gasteiger partial charge is 0.242 e. The van der Waals surface area contributed by atoms with Crippen molar-refractivity contribution in [3.63, 3.8) is 0 Å². The molecule has 2 aliphatic rings. The molecule has 0 bridgehead atoms. The largest absolute Gasteiger partial charge is 0.354 e. The lowest BCUT2D eigenvalue weighted by atomic mass is 9.96. The number of carbonyl (C=O) groups is 1. The highest BCUT2D eigenvalue weighted by molar-refractivity contribution is 5.88. The number of nitrogens with zero attached hydrogens (tertiary/aromatic N) is 3. The third-order valence-electron chi connectivity index (χ3n) is 3.76. The number of rotatable bonds is 2. The summed E-state index contributed by atoms with van der Waals surface area (Å²) in [4.78, 5) is 20.8. The van der Waals surface area contributed by atoms with Crippen LogP contribution in [0.4, 0.5) is 0 Å². The van der Waals surface area contributed by atoms with Gasteiger partial charge in [0.2, 0.25) is 5.91 Å². The average Bonchev–Trinajstić information content (AvgIpc) is 3.06. The average molecular weight is 266 g/mol. The molecule has 108 valence electrons. The van der Waals surface area contributed by atoms with Gasteiger partial charge in [-0.3, -0.25) is 9.79 Å². The quantitative estimate of drug-likeness (QED) is 0.600. The summed E-state index contributed by atoms with van der Waals surface area (Å²) in [6.07, 6.45) is 2.42.